The minimum absolute atomic E-state index is 0.0593. The van der Waals surface area contributed by atoms with E-state index >= 15 is 0 Å². The normalized spacial score (nSPS) is 9.18. The second kappa shape index (κ2) is 2.98. The number of nitrogen functional groups attached to an aromatic ring is 1. The van der Waals surface area contributed by atoms with Gasteiger partial charge in [-0.3, -0.25) is 16.0 Å². The first-order valence-corrected chi connectivity index (χ1v) is 2.95. The molecule has 3 N–H and O–H groups in total. The number of nitrogens with zero attached hydrogens (tertiary/aromatic N) is 1. The Morgan fingerprint density at radius 2 is 1.91 bits per heavy atom. The van der Waals surface area contributed by atoms with Crippen molar-refractivity contribution in [1.29, 1.82) is 0 Å². The minimum Gasteiger partial charge on any atom is -0.324 e. The molecule has 5 heteroatoms. The van der Waals surface area contributed by atoms with Crippen molar-refractivity contribution in [3.05, 3.63) is 34.4 Å². The molecular formula is C6H7N3O2. The molecule has 0 aliphatic carbocycles. The molecule has 0 bridgehead atoms. The first-order valence-electron chi connectivity index (χ1n) is 2.95. The Labute approximate surface area is 62.9 Å². The summed E-state index contributed by atoms with van der Waals surface area (Å²) in [4.78, 5) is 9.70. The van der Waals surface area contributed by atoms with Gasteiger partial charge >= 0.3 is 0 Å². The van der Waals surface area contributed by atoms with Crippen LogP contribution in [-0.2, 0) is 0 Å². The third kappa shape index (κ3) is 1.65. The van der Waals surface area contributed by atoms with E-state index in [9.17, 15) is 10.1 Å². The number of hydrazine groups is 1. The summed E-state index contributed by atoms with van der Waals surface area (Å²) in [6.07, 6.45) is 0. The SMILES string of the molecule is [15NH2]Nc1ccc([N+](=O)[O-])cc1. The van der Waals surface area contributed by atoms with Gasteiger partial charge < -0.3 is 5.43 Å². The van der Waals surface area contributed by atoms with Crippen LogP contribution in [0, 0.1) is 10.1 Å². The second-order valence-corrected chi connectivity index (χ2v) is 1.95. The summed E-state index contributed by atoms with van der Waals surface area (Å²) in [5.41, 5.74) is 3.08. The first kappa shape index (κ1) is 7.49. The van der Waals surface area contributed by atoms with Crippen molar-refractivity contribution in [2.45, 2.75) is 0 Å². The molecule has 5 nitrogen and oxygen atoms in total. The maximum absolute atomic E-state index is 10.2. The van der Waals surface area contributed by atoms with E-state index in [1.165, 1.54) is 24.3 Å². The molecule has 0 radical (unpaired) electrons. The van der Waals surface area contributed by atoms with Gasteiger partial charge in [-0.15, -0.1) is 0 Å². The van der Waals surface area contributed by atoms with Crippen LogP contribution in [0.4, 0.5) is 11.4 Å². The van der Waals surface area contributed by atoms with Crippen LogP contribution in [0.15, 0.2) is 24.3 Å². The van der Waals surface area contributed by atoms with Crippen molar-refractivity contribution < 1.29 is 4.92 Å². The fourth-order valence-corrected chi connectivity index (χ4v) is 0.679. The van der Waals surface area contributed by atoms with Crippen molar-refractivity contribution in [2.75, 3.05) is 5.43 Å². The van der Waals surface area contributed by atoms with Gasteiger partial charge in [-0.2, -0.15) is 0 Å². The zero-order valence-electron chi connectivity index (χ0n) is 5.65. The predicted octanol–water partition coefficient (Wildman–Crippen LogP) is 0.880. The number of non-ortho nitro benzene ring substituents is 1. The Hall–Kier alpha value is -1.62. The molecule has 0 amide bonds. The number of nitro groups is 1. The van der Waals surface area contributed by atoms with Crippen LogP contribution in [0.5, 0.6) is 0 Å². The Morgan fingerprint density at radius 1 is 1.36 bits per heavy atom. The molecule has 1 aromatic rings. The highest BCUT2D eigenvalue weighted by Gasteiger charge is 2.01. The Kier molecular flexibility index (Phi) is 2.03. The highest BCUT2D eigenvalue weighted by atomic mass is 16.6. The summed E-state index contributed by atoms with van der Waals surface area (Å²) < 4.78 is 0. The van der Waals surface area contributed by atoms with Crippen LogP contribution in [0.25, 0.3) is 0 Å². The van der Waals surface area contributed by atoms with Crippen molar-refractivity contribution in [3.8, 4) is 0 Å². The smallest absolute Gasteiger partial charge is 0.269 e. The summed E-state index contributed by atoms with van der Waals surface area (Å²) in [6, 6.07) is 5.85. The zero-order valence-corrected chi connectivity index (χ0v) is 5.65. The summed E-state index contributed by atoms with van der Waals surface area (Å²) in [7, 11) is 0. The monoisotopic (exact) mass is 154 g/mol. The van der Waals surface area contributed by atoms with Gasteiger partial charge in [0.25, 0.3) is 5.69 Å². The summed E-state index contributed by atoms with van der Waals surface area (Å²) in [6.45, 7) is 0. The number of hydrogen-bond acceptors (Lipinski definition) is 4. The quantitative estimate of drug-likeness (QED) is 0.287. The van der Waals surface area contributed by atoms with E-state index in [0.29, 0.717) is 5.69 Å². The molecule has 0 saturated carbocycles. The first-order chi connectivity index (χ1) is 5.24. The van der Waals surface area contributed by atoms with Gasteiger partial charge in [-0.05, 0) is 12.1 Å². The van der Waals surface area contributed by atoms with Crippen LogP contribution in [0.2, 0.25) is 0 Å². The van der Waals surface area contributed by atoms with E-state index in [-0.39, 0.29) is 5.69 Å². The zero-order chi connectivity index (χ0) is 8.27. The van der Waals surface area contributed by atoms with Crippen molar-refractivity contribution in [1.82, 2.24) is 0 Å². The third-order valence-corrected chi connectivity index (χ3v) is 1.24. The van der Waals surface area contributed by atoms with Gasteiger partial charge in [0.15, 0.2) is 0 Å². The fraction of sp³-hybridized carbons (Fsp3) is 0. The number of nitrogens with one attached hydrogen (secondary N) is 1. The molecule has 11 heavy (non-hydrogen) atoms. The summed E-state index contributed by atoms with van der Waals surface area (Å²) in [5.74, 6) is 5.06. The molecule has 0 heterocycles. The Bertz CT molecular complexity index is 257. The molecule has 58 valence electrons. The highest BCUT2D eigenvalue weighted by Crippen LogP contribution is 2.13. The molecule has 0 saturated heterocycles. The van der Waals surface area contributed by atoms with Crippen LogP contribution in [-0.4, -0.2) is 4.92 Å². The third-order valence-electron chi connectivity index (χ3n) is 1.24. The Morgan fingerprint density at radius 3 is 2.27 bits per heavy atom. The fourth-order valence-electron chi connectivity index (χ4n) is 0.679. The number of anilines is 1. The molecule has 0 unspecified atom stereocenters. The van der Waals surface area contributed by atoms with E-state index in [1.807, 2.05) is 0 Å². The number of nitro benzene ring substituents is 1. The van der Waals surface area contributed by atoms with Gasteiger partial charge in [0.05, 0.1) is 4.92 Å². The lowest BCUT2D eigenvalue weighted by Crippen LogP contribution is -2.06. The summed E-state index contributed by atoms with van der Waals surface area (Å²) >= 11 is 0. The van der Waals surface area contributed by atoms with E-state index in [2.05, 4.69) is 5.43 Å². The molecule has 0 aliphatic heterocycles. The number of hydrogen-bond donors (Lipinski definition) is 2. The maximum Gasteiger partial charge on any atom is 0.269 e. The van der Waals surface area contributed by atoms with Gasteiger partial charge in [0, 0.05) is 17.8 Å². The lowest BCUT2D eigenvalue weighted by atomic mass is 10.3. The van der Waals surface area contributed by atoms with Crippen LogP contribution < -0.4 is 11.3 Å². The highest BCUT2D eigenvalue weighted by molar-refractivity contribution is 5.47. The molecule has 0 aliphatic rings. The molecular weight excluding hydrogens is 147 g/mol. The van der Waals surface area contributed by atoms with Crippen molar-refractivity contribution >= 4 is 11.4 Å². The van der Waals surface area contributed by atoms with E-state index in [1.54, 1.807) is 0 Å². The largest absolute Gasteiger partial charge is 0.324 e. The van der Waals surface area contributed by atoms with Crippen molar-refractivity contribution in [2.24, 2.45) is 5.84 Å². The molecule has 0 spiro atoms. The van der Waals surface area contributed by atoms with Crippen LogP contribution in [0.3, 0.4) is 0 Å². The van der Waals surface area contributed by atoms with Gasteiger partial charge in [0.1, 0.15) is 0 Å². The van der Waals surface area contributed by atoms with E-state index in [0.717, 1.165) is 0 Å². The van der Waals surface area contributed by atoms with Crippen LogP contribution in [0.1, 0.15) is 0 Å². The lowest BCUT2D eigenvalue weighted by Gasteiger charge is -1.96. The number of rotatable bonds is 2. The number of nitrogens with two attached hydrogens (primary N) is 1. The van der Waals surface area contributed by atoms with Gasteiger partial charge in [0.2, 0.25) is 0 Å². The average molecular weight is 154 g/mol. The predicted molar refractivity (Wildman–Crippen MR) is 40.9 cm³/mol. The molecule has 1 rings (SSSR count). The minimum atomic E-state index is -0.458. The Balaban J connectivity index is 2.91. The van der Waals surface area contributed by atoms with E-state index in [4.69, 9.17) is 5.84 Å². The topological polar surface area (TPSA) is 81.2 Å². The van der Waals surface area contributed by atoms with E-state index < -0.39 is 4.92 Å². The number of benzene rings is 1. The van der Waals surface area contributed by atoms with Crippen LogP contribution >= 0.6 is 0 Å². The standard InChI is InChI=1S/C6H7N3O2/c7-8-5-1-3-6(4-2-5)9(10)11/h1-4,8H,7H2/i7+1. The average Bonchev–Trinajstić information content (AvgIpc) is 2.05. The second-order valence-electron chi connectivity index (χ2n) is 1.95. The molecule has 0 atom stereocenters. The molecule has 1 aromatic carbocycles. The van der Waals surface area contributed by atoms with Gasteiger partial charge in [-0.1, -0.05) is 0 Å². The maximum atomic E-state index is 10.2. The van der Waals surface area contributed by atoms with Crippen molar-refractivity contribution in [3.63, 3.8) is 0 Å². The summed E-state index contributed by atoms with van der Waals surface area (Å²) in [5, 5.41) is 10.2. The molecule has 0 fully saturated rings. The lowest BCUT2D eigenvalue weighted by molar-refractivity contribution is -0.384. The molecule has 0 aromatic heterocycles. The van der Waals surface area contributed by atoms with Gasteiger partial charge in [-0.25, -0.2) is 0 Å².